The Morgan fingerprint density at radius 2 is 1.90 bits per heavy atom. The van der Waals surface area contributed by atoms with E-state index in [9.17, 15) is 9.59 Å². The van der Waals surface area contributed by atoms with Crippen molar-refractivity contribution >= 4 is 23.5 Å². The second-order valence-electron chi connectivity index (χ2n) is 6.59. The number of carboxylic acids is 1. The number of carbonyl (C=O) groups is 2. The van der Waals surface area contributed by atoms with Crippen LogP contribution in [0.5, 0.6) is 5.75 Å². The Labute approximate surface area is 179 Å². The first-order valence-corrected chi connectivity index (χ1v) is 9.85. The maximum absolute atomic E-state index is 12.5. The molecule has 0 aliphatic heterocycles. The third-order valence-corrected chi connectivity index (χ3v) is 4.66. The molecule has 0 atom stereocenters. The topological polar surface area (TPSA) is 88.5 Å². The van der Waals surface area contributed by atoms with E-state index in [0.717, 1.165) is 17.5 Å². The first-order valence-electron chi connectivity index (χ1n) is 9.47. The van der Waals surface area contributed by atoms with E-state index in [2.05, 4.69) is 10.3 Å². The Kier molecular flexibility index (Phi) is 7.03. The minimum Gasteiger partial charge on any atom is -0.494 e. The third-order valence-electron chi connectivity index (χ3n) is 4.35. The smallest absolute Gasteiger partial charge is 0.335 e. The van der Waals surface area contributed by atoms with E-state index in [-0.39, 0.29) is 18.0 Å². The van der Waals surface area contributed by atoms with Crippen LogP contribution in [0.15, 0.2) is 60.8 Å². The predicted octanol–water partition coefficient (Wildman–Crippen LogP) is 4.82. The number of aromatic carboxylic acids is 1. The van der Waals surface area contributed by atoms with Gasteiger partial charge < -0.3 is 15.2 Å². The van der Waals surface area contributed by atoms with Gasteiger partial charge in [-0.3, -0.25) is 9.78 Å². The summed E-state index contributed by atoms with van der Waals surface area (Å²) < 4.78 is 5.52. The van der Waals surface area contributed by atoms with Crippen LogP contribution in [0.2, 0.25) is 5.02 Å². The molecule has 3 rings (SSSR count). The summed E-state index contributed by atoms with van der Waals surface area (Å²) in [6.07, 6.45) is 2.50. The van der Waals surface area contributed by atoms with Crippen molar-refractivity contribution in [3.63, 3.8) is 0 Å². The van der Waals surface area contributed by atoms with Crippen molar-refractivity contribution in [1.29, 1.82) is 0 Å². The van der Waals surface area contributed by atoms with Crippen molar-refractivity contribution in [2.24, 2.45) is 0 Å². The number of carbonyl (C=O) groups excluding carboxylic acids is 1. The van der Waals surface area contributed by atoms with Crippen molar-refractivity contribution in [1.82, 2.24) is 10.3 Å². The van der Waals surface area contributed by atoms with E-state index < -0.39 is 5.97 Å². The van der Waals surface area contributed by atoms with Crippen LogP contribution in [0.4, 0.5) is 0 Å². The number of aromatic nitrogens is 1. The summed E-state index contributed by atoms with van der Waals surface area (Å²) >= 11 is 6.23. The molecular weight excluding hydrogens is 404 g/mol. The molecule has 0 spiro atoms. The fraction of sp³-hybridized carbons (Fsp3) is 0.174. The number of halogens is 1. The van der Waals surface area contributed by atoms with Crippen molar-refractivity contribution in [3.05, 3.63) is 82.6 Å². The van der Waals surface area contributed by atoms with Gasteiger partial charge in [0.25, 0.3) is 5.91 Å². The molecule has 0 radical (unpaired) electrons. The average Bonchev–Trinajstić information content (AvgIpc) is 2.76. The second-order valence-corrected chi connectivity index (χ2v) is 7.00. The maximum Gasteiger partial charge on any atom is 0.335 e. The van der Waals surface area contributed by atoms with Gasteiger partial charge in [-0.05, 0) is 60.0 Å². The number of hydrogen-bond donors (Lipinski definition) is 2. The summed E-state index contributed by atoms with van der Waals surface area (Å²) in [5.74, 6) is -0.681. The lowest BCUT2D eigenvalue weighted by molar-refractivity contribution is 0.0696. The van der Waals surface area contributed by atoms with Crippen molar-refractivity contribution < 1.29 is 19.4 Å². The van der Waals surface area contributed by atoms with Crippen LogP contribution in [0.3, 0.4) is 0 Å². The third kappa shape index (κ3) is 5.36. The van der Waals surface area contributed by atoms with Crippen molar-refractivity contribution in [3.8, 4) is 16.9 Å². The van der Waals surface area contributed by atoms with E-state index in [4.69, 9.17) is 21.4 Å². The summed E-state index contributed by atoms with van der Waals surface area (Å²) in [6, 6.07) is 15.2. The SMILES string of the molecule is CCCOc1ccc(C(=O)NCc2cc(-c3cccc(C(=O)O)c3)ccn2)c(Cl)c1. The van der Waals surface area contributed by atoms with Crippen LogP contribution < -0.4 is 10.1 Å². The van der Waals surface area contributed by atoms with Crippen LogP contribution in [-0.4, -0.2) is 28.6 Å². The van der Waals surface area contributed by atoms with Crippen LogP contribution >= 0.6 is 11.6 Å². The average molecular weight is 425 g/mol. The molecule has 30 heavy (non-hydrogen) atoms. The molecule has 1 aromatic heterocycles. The van der Waals surface area contributed by atoms with Gasteiger partial charge in [0.1, 0.15) is 5.75 Å². The molecule has 0 saturated heterocycles. The van der Waals surface area contributed by atoms with Crippen LogP contribution in [-0.2, 0) is 6.54 Å². The molecule has 7 heteroatoms. The normalized spacial score (nSPS) is 10.5. The lowest BCUT2D eigenvalue weighted by Gasteiger charge is -2.10. The zero-order valence-electron chi connectivity index (χ0n) is 16.4. The zero-order chi connectivity index (χ0) is 21.5. The number of pyridine rings is 1. The molecule has 3 aromatic rings. The highest BCUT2D eigenvalue weighted by Gasteiger charge is 2.12. The summed E-state index contributed by atoms with van der Waals surface area (Å²) in [6.45, 7) is 2.80. The minimum absolute atomic E-state index is 0.204. The zero-order valence-corrected chi connectivity index (χ0v) is 17.1. The second kappa shape index (κ2) is 9.89. The van der Waals surface area contributed by atoms with Gasteiger partial charge in [-0.2, -0.15) is 0 Å². The lowest BCUT2D eigenvalue weighted by atomic mass is 10.0. The van der Waals surface area contributed by atoms with Gasteiger partial charge >= 0.3 is 5.97 Å². The molecule has 0 unspecified atom stereocenters. The van der Waals surface area contributed by atoms with E-state index >= 15 is 0 Å². The van der Waals surface area contributed by atoms with Crippen molar-refractivity contribution in [2.45, 2.75) is 19.9 Å². The molecular formula is C23H21ClN2O4. The number of benzene rings is 2. The number of hydrogen-bond acceptors (Lipinski definition) is 4. The van der Waals surface area contributed by atoms with Crippen LogP contribution in [0.1, 0.15) is 39.8 Å². The molecule has 2 N–H and O–H groups in total. The largest absolute Gasteiger partial charge is 0.494 e. The fourth-order valence-electron chi connectivity index (χ4n) is 2.84. The van der Waals surface area contributed by atoms with Crippen LogP contribution in [0.25, 0.3) is 11.1 Å². The van der Waals surface area contributed by atoms with Gasteiger partial charge in [0.2, 0.25) is 0 Å². The Morgan fingerprint density at radius 3 is 2.63 bits per heavy atom. The molecule has 1 amide bonds. The molecule has 0 bridgehead atoms. The molecule has 1 heterocycles. The summed E-state index contributed by atoms with van der Waals surface area (Å²) in [5, 5.41) is 12.3. The van der Waals surface area contributed by atoms with E-state index in [1.807, 2.05) is 19.1 Å². The Morgan fingerprint density at radius 1 is 1.10 bits per heavy atom. The summed E-state index contributed by atoms with van der Waals surface area (Å²) in [4.78, 5) is 28.0. The molecule has 0 saturated carbocycles. The monoisotopic (exact) mass is 424 g/mol. The molecule has 0 aliphatic rings. The maximum atomic E-state index is 12.5. The van der Waals surface area contributed by atoms with E-state index in [1.165, 1.54) is 6.07 Å². The Balaban J connectivity index is 1.69. The van der Waals surface area contributed by atoms with Gasteiger partial charge in [-0.1, -0.05) is 30.7 Å². The number of nitrogens with zero attached hydrogens (tertiary/aromatic N) is 1. The molecule has 6 nitrogen and oxygen atoms in total. The van der Waals surface area contributed by atoms with Gasteiger partial charge in [0.15, 0.2) is 0 Å². The highest BCUT2D eigenvalue weighted by atomic mass is 35.5. The van der Waals surface area contributed by atoms with Crippen molar-refractivity contribution in [2.75, 3.05) is 6.61 Å². The Hall–Kier alpha value is -3.38. The number of rotatable bonds is 8. The highest BCUT2D eigenvalue weighted by Crippen LogP contribution is 2.23. The summed E-state index contributed by atoms with van der Waals surface area (Å²) in [5.41, 5.74) is 2.77. The van der Waals surface area contributed by atoms with Gasteiger partial charge in [-0.25, -0.2) is 4.79 Å². The van der Waals surface area contributed by atoms with Gasteiger partial charge in [-0.15, -0.1) is 0 Å². The Bertz CT molecular complexity index is 1070. The van der Waals surface area contributed by atoms with Gasteiger partial charge in [0, 0.05) is 6.20 Å². The fourth-order valence-corrected chi connectivity index (χ4v) is 3.10. The first kappa shape index (κ1) is 21.3. The number of ether oxygens (including phenoxy) is 1. The molecule has 0 aliphatic carbocycles. The van der Waals surface area contributed by atoms with Gasteiger partial charge in [0.05, 0.1) is 35.0 Å². The van der Waals surface area contributed by atoms with Crippen LogP contribution in [0, 0.1) is 0 Å². The quantitative estimate of drug-likeness (QED) is 0.541. The van der Waals surface area contributed by atoms with E-state index in [0.29, 0.717) is 28.6 Å². The van der Waals surface area contributed by atoms with E-state index in [1.54, 1.807) is 42.6 Å². The number of amides is 1. The predicted molar refractivity (Wildman–Crippen MR) is 115 cm³/mol. The summed E-state index contributed by atoms with van der Waals surface area (Å²) in [7, 11) is 0. The number of nitrogens with one attached hydrogen (secondary N) is 1. The standard InChI is InChI=1S/C23H21ClN2O4/c1-2-10-30-19-6-7-20(21(24)13-19)22(27)26-14-18-12-16(8-9-25-18)15-4-3-5-17(11-15)23(28)29/h3-9,11-13H,2,10,14H2,1H3,(H,26,27)(H,28,29). The minimum atomic E-state index is -0.985. The number of carboxylic acid groups (broad SMARTS) is 1. The molecule has 154 valence electrons. The molecule has 0 fully saturated rings. The first-order chi connectivity index (χ1) is 14.5. The highest BCUT2D eigenvalue weighted by molar-refractivity contribution is 6.34. The molecule has 2 aromatic carbocycles. The lowest BCUT2D eigenvalue weighted by Crippen LogP contribution is -2.23.